The Balaban J connectivity index is 1.62. The number of halogens is 2. The summed E-state index contributed by atoms with van der Waals surface area (Å²) in [7, 11) is 0. The standard InChI is InChI=1S/C24H13Cl2N5O3S/c25-17-7-8-18(19(26)12-17)23-28-24(30-29-23)35-21-9-6-14(11-20(21)31(33)34)10-16(13-27)22(32)15-4-2-1-3-5-15/h1-12H,(H,28,29,30)/b16-10-. The lowest BCUT2D eigenvalue weighted by Crippen LogP contribution is -2.01. The number of hydrogen-bond acceptors (Lipinski definition) is 7. The van der Waals surface area contributed by atoms with E-state index in [1.807, 2.05) is 6.07 Å². The molecule has 0 unspecified atom stereocenters. The van der Waals surface area contributed by atoms with Gasteiger partial charge in [0.25, 0.3) is 5.69 Å². The molecular weight excluding hydrogens is 509 g/mol. The number of hydrogen-bond donors (Lipinski definition) is 1. The molecule has 0 aliphatic rings. The molecule has 1 N–H and O–H groups in total. The molecule has 0 saturated carbocycles. The number of nitriles is 1. The van der Waals surface area contributed by atoms with Crippen LogP contribution in [-0.4, -0.2) is 25.9 Å². The Labute approximate surface area is 213 Å². The van der Waals surface area contributed by atoms with Crippen LogP contribution in [0.25, 0.3) is 17.5 Å². The number of carbonyl (C=O) groups excluding carboxylic acids is 1. The lowest BCUT2D eigenvalue weighted by atomic mass is 10.0. The highest BCUT2D eigenvalue weighted by molar-refractivity contribution is 7.99. The largest absolute Gasteiger partial charge is 0.288 e. The molecule has 1 aromatic heterocycles. The molecule has 0 aliphatic heterocycles. The average Bonchev–Trinajstić information content (AvgIpc) is 3.31. The number of nitro benzene ring substituents is 1. The molecule has 8 nitrogen and oxygen atoms in total. The minimum atomic E-state index is -0.547. The lowest BCUT2D eigenvalue weighted by molar-refractivity contribution is -0.387. The van der Waals surface area contributed by atoms with Gasteiger partial charge in [-0.1, -0.05) is 59.6 Å². The number of nitro groups is 1. The Morgan fingerprint density at radius 2 is 1.89 bits per heavy atom. The molecule has 0 amide bonds. The third-order valence-corrected chi connectivity index (χ3v) is 6.22. The maximum absolute atomic E-state index is 12.6. The van der Waals surface area contributed by atoms with E-state index in [4.69, 9.17) is 23.2 Å². The molecule has 0 fully saturated rings. The molecule has 0 radical (unpaired) electrons. The maximum Gasteiger partial charge on any atom is 0.283 e. The van der Waals surface area contributed by atoms with Gasteiger partial charge in [-0.3, -0.25) is 20.0 Å². The predicted molar refractivity (Wildman–Crippen MR) is 133 cm³/mol. The monoisotopic (exact) mass is 521 g/mol. The van der Waals surface area contributed by atoms with E-state index < -0.39 is 10.7 Å². The van der Waals surface area contributed by atoms with Gasteiger partial charge in [-0.15, -0.1) is 5.10 Å². The molecule has 1 heterocycles. The van der Waals surface area contributed by atoms with Crippen LogP contribution >= 0.6 is 35.0 Å². The molecule has 172 valence electrons. The van der Waals surface area contributed by atoms with Crippen LogP contribution in [0.4, 0.5) is 5.69 Å². The number of benzene rings is 3. The predicted octanol–water partition coefficient (Wildman–Crippen LogP) is 6.63. The van der Waals surface area contributed by atoms with E-state index in [0.717, 1.165) is 11.8 Å². The highest BCUT2D eigenvalue weighted by Gasteiger charge is 2.19. The average molecular weight is 522 g/mol. The van der Waals surface area contributed by atoms with Gasteiger partial charge in [0.1, 0.15) is 11.6 Å². The van der Waals surface area contributed by atoms with E-state index in [9.17, 15) is 20.2 Å². The molecule has 0 aliphatic carbocycles. The van der Waals surface area contributed by atoms with Gasteiger partial charge in [-0.2, -0.15) is 5.26 Å². The Morgan fingerprint density at radius 3 is 2.57 bits per heavy atom. The van der Waals surface area contributed by atoms with Crippen molar-refractivity contribution in [3.63, 3.8) is 0 Å². The van der Waals surface area contributed by atoms with E-state index >= 15 is 0 Å². The first-order valence-corrected chi connectivity index (χ1v) is 11.5. The zero-order valence-electron chi connectivity index (χ0n) is 17.6. The number of rotatable bonds is 7. The van der Waals surface area contributed by atoms with Crippen LogP contribution in [0, 0.1) is 21.4 Å². The molecule has 11 heteroatoms. The van der Waals surface area contributed by atoms with Crippen LogP contribution in [0.3, 0.4) is 0 Å². The normalized spacial score (nSPS) is 11.2. The molecule has 0 spiro atoms. The zero-order chi connectivity index (χ0) is 24.9. The summed E-state index contributed by atoms with van der Waals surface area (Å²) in [6, 6.07) is 19.5. The maximum atomic E-state index is 12.6. The summed E-state index contributed by atoms with van der Waals surface area (Å²) in [5.41, 5.74) is 0.916. The fraction of sp³-hybridized carbons (Fsp3) is 0. The minimum absolute atomic E-state index is 0.135. The first-order valence-electron chi connectivity index (χ1n) is 9.91. The van der Waals surface area contributed by atoms with E-state index in [1.54, 1.807) is 54.6 Å². The molecule has 35 heavy (non-hydrogen) atoms. The van der Waals surface area contributed by atoms with Gasteiger partial charge in [0, 0.05) is 22.2 Å². The molecule has 0 bridgehead atoms. The van der Waals surface area contributed by atoms with Crippen LogP contribution in [0.15, 0.2) is 82.4 Å². The summed E-state index contributed by atoms with van der Waals surface area (Å²) in [4.78, 5) is 28.4. The van der Waals surface area contributed by atoms with E-state index in [1.165, 1.54) is 18.2 Å². The van der Waals surface area contributed by atoms with Crippen molar-refractivity contribution in [2.75, 3.05) is 0 Å². The summed E-state index contributed by atoms with van der Waals surface area (Å²) in [6.07, 6.45) is 1.32. The topological polar surface area (TPSA) is 126 Å². The van der Waals surface area contributed by atoms with Crippen molar-refractivity contribution in [2.45, 2.75) is 10.1 Å². The Kier molecular flexibility index (Phi) is 7.27. The fourth-order valence-corrected chi connectivity index (χ4v) is 4.40. The highest BCUT2D eigenvalue weighted by Crippen LogP contribution is 2.36. The van der Waals surface area contributed by atoms with Gasteiger partial charge in [0.15, 0.2) is 5.82 Å². The second-order valence-corrected chi connectivity index (χ2v) is 8.89. The van der Waals surface area contributed by atoms with Crippen molar-refractivity contribution in [3.05, 3.63) is 104 Å². The van der Waals surface area contributed by atoms with Gasteiger partial charge in [-0.25, -0.2) is 4.98 Å². The molecule has 0 atom stereocenters. The zero-order valence-corrected chi connectivity index (χ0v) is 19.9. The summed E-state index contributed by atoms with van der Waals surface area (Å²) < 4.78 is 0. The van der Waals surface area contributed by atoms with Crippen molar-refractivity contribution in [2.24, 2.45) is 0 Å². The Bertz CT molecular complexity index is 1510. The van der Waals surface area contributed by atoms with Crippen LogP contribution in [-0.2, 0) is 0 Å². The first kappa shape index (κ1) is 24.2. The van der Waals surface area contributed by atoms with Gasteiger partial charge < -0.3 is 0 Å². The third-order valence-electron chi connectivity index (χ3n) is 4.74. The summed E-state index contributed by atoms with van der Waals surface area (Å²) >= 11 is 13.1. The number of nitrogens with one attached hydrogen (secondary N) is 1. The first-order chi connectivity index (χ1) is 16.9. The molecule has 3 aromatic carbocycles. The Morgan fingerprint density at radius 1 is 1.11 bits per heavy atom. The van der Waals surface area contributed by atoms with Crippen molar-refractivity contribution in [3.8, 4) is 17.5 Å². The van der Waals surface area contributed by atoms with Gasteiger partial charge >= 0.3 is 0 Å². The van der Waals surface area contributed by atoms with Crippen molar-refractivity contribution in [1.29, 1.82) is 5.26 Å². The fourth-order valence-electron chi connectivity index (χ4n) is 3.11. The second kappa shape index (κ2) is 10.5. The number of Topliss-reactive ketones (excluding diaryl/α,β-unsaturated/α-hetero) is 1. The summed E-state index contributed by atoms with van der Waals surface area (Å²) in [5, 5.41) is 29.2. The number of allylic oxidation sites excluding steroid dienone is 1. The van der Waals surface area contributed by atoms with E-state index in [2.05, 4.69) is 15.2 Å². The number of aromatic amines is 1. The van der Waals surface area contributed by atoms with Crippen LogP contribution in [0.1, 0.15) is 15.9 Å². The molecule has 4 rings (SSSR count). The van der Waals surface area contributed by atoms with E-state index in [0.29, 0.717) is 32.6 Å². The van der Waals surface area contributed by atoms with Crippen molar-refractivity contribution in [1.82, 2.24) is 15.2 Å². The van der Waals surface area contributed by atoms with Crippen molar-refractivity contribution >= 4 is 52.5 Å². The number of nitrogens with zero attached hydrogens (tertiary/aromatic N) is 4. The van der Waals surface area contributed by atoms with Crippen LogP contribution < -0.4 is 0 Å². The van der Waals surface area contributed by atoms with E-state index in [-0.39, 0.29) is 21.3 Å². The SMILES string of the molecule is N#C/C(=C/c1ccc(Sc2n[nH]c(-c3ccc(Cl)cc3Cl)n2)c([N+](=O)[O-])c1)C(=O)c1ccccc1. The molecule has 4 aromatic rings. The smallest absolute Gasteiger partial charge is 0.283 e. The molecule has 0 saturated heterocycles. The van der Waals surface area contributed by atoms with Gasteiger partial charge in [0.2, 0.25) is 10.9 Å². The minimum Gasteiger partial charge on any atom is -0.288 e. The number of aromatic nitrogens is 3. The quantitative estimate of drug-likeness (QED) is 0.0949. The van der Waals surface area contributed by atoms with Crippen molar-refractivity contribution < 1.29 is 9.72 Å². The number of carbonyl (C=O) groups is 1. The van der Waals surface area contributed by atoms with Gasteiger partial charge in [-0.05, 0) is 47.7 Å². The number of H-pyrrole nitrogens is 1. The Hall–Kier alpha value is -3.97. The van der Waals surface area contributed by atoms with Crippen LogP contribution in [0.2, 0.25) is 10.0 Å². The highest BCUT2D eigenvalue weighted by atomic mass is 35.5. The third kappa shape index (κ3) is 5.58. The molecular formula is C24H13Cl2N5O3S. The summed E-state index contributed by atoms with van der Waals surface area (Å²) in [5.74, 6) is -0.0854. The van der Waals surface area contributed by atoms with Gasteiger partial charge in [0.05, 0.1) is 14.8 Å². The lowest BCUT2D eigenvalue weighted by Gasteiger charge is -2.03. The second-order valence-electron chi connectivity index (χ2n) is 7.04. The number of ketones is 1. The summed E-state index contributed by atoms with van der Waals surface area (Å²) in [6.45, 7) is 0. The van der Waals surface area contributed by atoms with Crippen LogP contribution in [0.5, 0.6) is 0 Å².